The Morgan fingerprint density at radius 3 is 2.50 bits per heavy atom. The molecular formula is C25H25N3O2. The largest absolute Gasteiger partial charge is 0.467 e. The van der Waals surface area contributed by atoms with Gasteiger partial charge in [0, 0.05) is 5.56 Å². The van der Waals surface area contributed by atoms with E-state index in [4.69, 9.17) is 9.52 Å². The summed E-state index contributed by atoms with van der Waals surface area (Å²) in [7, 11) is 0. The predicted molar refractivity (Wildman–Crippen MR) is 118 cm³/mol. The first kappa shape index (κ1) is 19.7. The maximum Gasteiger partial charge on any atom is 0.270 e. The molecule has 0 atom stereocenters. The molecule has 0 spiro atoms. The molecule has 0 saturated carbocycles. The zero-order chi connectivity index (χ0) is 21.3. The van der Waals surface area contributed by atoms with Crippen LogP contribution in [0, 0.1) is 27.7 Å². The smallest absolute Gasteiger partial charge is 0.270 e. The van der Waals surface area contributed by atoms with Gasteiger partial charge >= 0.3 is 0 Å². The van der Waals surface area contributed by atoms with Crippen LogP contribution in [0.3, 0.4) is 0 Å². The van der Waals surface area contributed by atoms with E-state index in [2.05, 4.69) is 44.3 Å². The van der Waals surface area contributed by atoms with Crippen molar-refractivity contribution in [2.24, 2.45) is 0 Å². The predicted octanol–water partition coefficient (Wildman–Crippen LogP) is 5.30. The standard InChI is InChI=1S/C25H25N3O2/c1-16-7-10-23(19(4)12-16)28-24(25(29)26-15-21-6-5-11-30-21)14-22(27-28)20-9-8-17(2)18(3)13-20/h5-14H,15H2,1-4H3,(H,26,29). The molecule has 0 saturated heterocycles. The van der Waals surface area contributed by atoms with Crippen LogP contribution in [0.2, 0.25) is 0 Å². The summed E-state index contributed by atoms with van der Waals surface area (Å²) in [5, 5.41) is 7.74. The lowest BCUT2D eigenvalue weighted by molar-refractivity contribution is 0.0940. The fourth-order valence-electron chi connectivity index (χ4n) is 3.48. The van der Waals surface area contributed by atoms with E-state index in [0.29, 0.717) is 18.0 Å². The molecule has 2 aromatic carbocycles. The van der Waals surface area contributed by atoms with Crippen molar-refractivity contribution in [3.63, 3.8) is 0 Å². The Balaban J connectivity index is 1.76. The third-order valence-electron chi connectivity index (χ3n) is 5.33. The van der Waals surface area contributed by atoms with Crippen molar-refractivity contribution in [2.75, 3.05) is 0 Å². The second-order valence-corrected chi connectivity index (χ2v) is 7.68. The summed E-state index contributed by atoms with van der Waals surface area (Å²) in [6.07, 6.45) is 1.60. The first-order valence-electron chi connectivity index (χ1n) is 9.98. The maximum absolute atomic E-state index is 13.1. The number of rotatable bonds is 5. The number of nitrogens with one attached hydrogen (secondary N) is 1. The van der Waals surface area contributed by atoms with Gasteiger partial charge in [-0.15, -0.1) is 0 Å². The fourth-order valence-corrected chi connectivity index (χ4v) is 3.48. The van der Waals surface area contributed by atoms with Gasteiger partial charge in [0.15, 0.2) is 0 Å². The molecule has 0 aliphatic heterocycles. The third kappa shape index (κ3) is 3.92. The Hall–Kier alpha value is -3.60. The normalized spacial score (nSPS) is 10.9. The van der Waals surface area contributed by atoms with Crippen LogP contribution in [0.25, 0.3) is 16.9 Å². The fraction of sp³-hybridized carbons (Fsp3) is 0.200. The zero-order valence-electron chi connectivity index (χ0n) is 17.7. The van der Waals surface area contributed by atoms with E-state index < -0.39 is 0 Å². The number of hydrogen-bond donors (Lipinski definition) is 1. The van der Waals surface area contributed by atoms with Crippen LogP contribution in [0.5, 0.6) is 0 Å². The van der Waals surface area contributed by atoms with Crippen LogP contribution in [-0.2, 0) is 6.54 Å². The molecule has 1 N–H and O–H groups in total. The number of nitrogens with zero attached hydrogens (tertiary/aromatic N) is 2. The van der Waals surface area contributed by atoms with Crippen LogP contribution in [0.4, 0.5) is 0 Å². The first-order valence-corrected chi connectivity index (χ1v) is 9.98. The number of furan rings is 1. The number of carbonyl (C=O) groups excluding carboxylic acids is 1. The summed E-state index contributed by atoms with van der Waals surface area (Å²) in [5.41, 5.74) is 7.77. The van der Waals surface area contributed by atoms with Gasteiger partial charge in [-0.2, -0.15) is 5.10 Å². The van der Waals surface area contributed by atoms with Gasteiger partial charge in [0.1, 0.15) is 11.5 Å². The quantitative estimate of drug-likeness (QED) is 0.496. The van der Waals surface area contributed by atoms with Crippen LogP contribution in [0.15, 0.2) is 65.3 Å². The summed E-state index contributed by atoms with van der Waals surface area (Å²) < 4.78 is 7.06. The number of benzene rings is 2. The highest BCUT2D eigenvalue weighted by atomic mass is 16.3. The molecule has 0 bridgehead atoms. The van der Waals surface area contributed by atoms with Crippen molar-refractivity contribution < 1.29 is 9.21 Å². The van der Waals surface area contributed by atoms with Gasteiger partial charge in [-0.05, 0) is 74.7 Å². The van der Waals surface area contributed by atoms with Crippen LogP contribution in [0.1, 0.15) is 38.5 Å². The van der Waals surface area contributed by atoms with Crippen molar-refractivity contribution in [1.82, 2.24) is 15.1 Å². The third-order valence-corrected chi connectivity index (χ3v) is 5.33. The second kappa shape index (κ2) is 8.03. The minimum atomic E-state index is -0.200. The Bertz CT molecular complexity index is 1200. The van der Waals surface area contributed by atoms with Crippen molar-refractivity contribution in [3.8, 4) is 16.9 Å². The lowest BCUT2D eigenvalue weighted by Crippen LogP contribution is -2.25. The van der Waals surface area contributed by atoms with E-state index in [1.54, 1.807) is 17.0 Å². The summed E-state index contributed by atoms with van der Waals surface area (Å²) >= 11 is 0. The minimum Gasteiger partial charge on any atom is -0.467 e. The van der Waals surface area contributed by atoms with Gasteiger partial charge in [0.2, 0.25) is 0 Å². The Morgan fingerprint density at radius 1 is 0.967 bits per heavy atom. The van der Waals surface area contributed by atoms with Crippen LogP contribution in [-0.4, -0.2) is 15.7 Å². The van der Waals surface area contributed by atoms with E-state index in [-0.39, 0.29) is 5.91 Å². The average molecular weight is 399 g/mol. The molecule has 2 heterocycles. The molecule has 4 aromatic rings. The molecule has 0 fully saturated rings. The van der Waals surface area contributed by atoms with Gasteiger partial charge in [-0.3, -0.25) is 4.79 Å². The van der Waals surface area contributed by atoms with Crippen LogP contribution < -0.4 is 5.32 Å². The first-order chi connectivity index (χ1) is 14.4. The summed E-state index contributed by atoms with van der Waals surface area (Å²) in [6.45, 7) is 8.57. The minimum absolute atomic E-state index is 0.200. The molecule has 0 radical (unpaired) electrons. The van der Waals surface area contributed by atoms with Crippen molar-refractivity contribution in [2.45, 2.75) is 34.2 Å². The van der Waals surface area contributed by atoms with Gasteiger partial charge in [0.05, 0.1) is 24.2 Å². The number of hydrogen-bond acceptors (Lipinski definition) is 3. The number of aryl methyl sites for hydroxylation is 4. The summed E-state index contributed by atoms with van der Waals surface area (Å²) in [4.78, 5) is 13.1. The second-order valence-electron chi connectivity index (χ2n) is 7.68. The zero-order valence-corrected chi connectivity index (χ0v) is 17.7. The number of aromatic nitrogens is 2. The summed E-state index contributed by atoms with van der Waals surface area (Å²) in [5.74, 6) is 0.504. The SMILES string of the molecule is Cc1ccc(-n2nc(-c3ccc(C)c(C)c3)cc2C(=O)NCc2ccco2)c(C)c1. The Kier molecular flexibility index (Phi) is 5.27. The van der Waals surface area contributed by atoms with Crippen LogP contribution >= 0.6 is 0 Å². The van der Waals surface area contributed by atoms with Gasteiger partial charge in [0.25, 0.3) is 5.91 Å². The molecule has 2 aromatic heterocycles. The molecule has 152 valence electrons. The Labute approximate surface area is 176 Å². The van der Waals surface area contributed by atoms with E-state index >= 15 is 0 Å². The molecule has 0 unspecified atom stereocenters. The summed E-state index contributed by atoms with van der Waals surface area (Å²) in [6, 6.07) is 17.8. The molecule has 0 aliphatic carbocycles. The maximum atomic E-state index is 13.1. The van der Waals surface area contributed by atoms with E-state index in [1.165, 1.54) is 16.7 Å². The average Bonchev–Trinajstić information content (AvgIpc) is 3.38. The van der Waals surface area contributed by atoms with E-state index in [0.717, 1.165) is 22.5 Å². The molecule has 5 heteroatoms. The van der Waals surface area contributed by atoms with Crippen molar-refractivity contribution in [1.29, 1.82) is 0 Å². The van der Waals surface area contributed by atoms with Crippen molar-refractivity contribution >= 4 is 5.91 Å². The highest BCUT2D eigenvalue weighted by Gasteiger charge is 2.19. The lowest BCUT2D eigenvalue weighted by atomic mass is 10.0. The topological polar surface area (TPSA) is 60.1 Å². The Morgan fingerprint density at radius 2 is 1.80 bits per heavy atom. The van der Waals surface area contributed by atoms with Gasteiger partial charge < -0.3 is 9.73 Å². The molecule has 4 rings (SSSR count). The molecule has 5 nitrogen and oxygen atoms in total. The van der Waals surface area contributed by atoms with Gasteiger partial charge in [-0.25, -0.2) is 4.68 Å². The molecule has 30 heavy (non-hydrogen) atoms. The lowest BCUT2D eigenvalue weighted by Gasteiger charge is -2.11. The van der Waals surface area contributed by atoms with Crippen molar-refractivity contribution in [3.05, 3.63) is 94.6 Å². The highest BCUT2D eigenvalue weighted by molar-refractivity contribution is 5.94. The highest BCUT2D eigenvalue weighted by Crippen LogP contribution is 2.25. The molecular weight excluding hydrogens is 374 g/mol. The van der Waals surface area contributed by atoms with E-state index in [1.807, 2.05) is 37.3 Å². The molecule has 0 aliphatic rings. The number of carbonyl (C=O) groups is 1. The van der Waals surface area contributed by atoms with E-state index in [9.17, 15) is 4.79 Å². The monoisotopic (exact) mass is 399 g/mol. The number of amides is 1. The van der Waals surface area contributed by atoms with Gasteiger partial charge in [-0.1, -0.05) is 29.8 Å². The molecule has 1 amide bonds.